The number of carbonyl (C=O) groups is 1. The molecular weight excluding hydrogens is 307 g/mol. The van der Waals surface area contributed by atoms with E-state index in [1.807, 2.05) is 0 Å². The molecule has 0 aliphatic heterocycles. The van der Waals surface area contributed by atoms with Crippen LogP contribution in [-0.4, -0.2) is 12.5 Å². The summed E-state index contributed by atoms with van der Waals surface area (Å²) >= 11 is 0. The molecule has 0 fully saturated rings. The fourth-order valence-corrected chi connectivity index (χ4v) is 1.67. The minimum atomic E-state index is -1.67. The number of hydrogen-bond donors (Lipinski definition) is 2. The third-order valence-electron chi connectivity index (χ3n) is 2.62. The summed E-state index contributed by atoms with van der Waals surface area (Å²) in [6.45, 7) is -0.514. The van der Waals surface area contributed by atoms with Crippen molar-refractivity contribution in [1.82, 2.24) is 0 Å². The van der Waals surface area contributed by atoms with Crippen molar-refractivity contribution >= 4 is 17.3 Å². The first kappa shape index (κ1) is 15.7. The molecular formula is C14H9F5N2O. The van der Waals surface area contributed by atoms with E-state index in [2.05, 4.69) is 10.6 Å². The van der Waals surface area contributed by atoms with Crippen molar-refractivity contribution in [2.75, 3.05) is 17.2 Å². The number of carbonyl (C=O) groups excluding carboxylic acids is 1. The number of benzene rings is 2. The van der Waals surface area contributed by atoms with Crippen LogP contribution >= 0.6 is 0 Å². The molecule has 1 amide bonds. The van der Waals surface area contributed by atoms with Gasteiger partial charge in [-0.2, -0.15) is 0 Å². The Kier molecular flexibility index (Phi) is 4.59. The van der Waals surface area contributed by atoms with Crippen molar-refractivity contribution in [3.8, 4) is 0 Å². The van der Waals surface area contributed by atoms with Crippen LogP contribution in [0.15, 0.2) is 30.3 Å². The fraction of sp³-hybridized carbons (Fsp3) is 0.0714. The Morgan fingerprint density at radius 3 is 2.18 bits per heavy atom. The van der Waals surface area contributed by atoms with Gasteiger partial charge in [0.25, 0.3) is 0 Å². The molecule has 0 aliphatic rings. The quantitative estimate of drug-likeness (QED) is 0.670. The number of nitrogens with one attached hydrogen (secondary N) is 2. The van der Waals surface area contributed by atoms with Gasteiger partial charge in [-0.3, -0.25) is 4.79 Å². The van der Waals surface area contributed by atoms with Crippen LogP contribution in [0.2, 0.25) is 0 Å². The molecule has 2 rings (SSSR count). The zero-order valence-corrected chi connectivity index (χ0v) is 10.9. The lowest BCUT2D eigenvalue weighted by Gasteiger charge is -2.09. The van der Waals surface area contributed by atoms with Gasteiger partial charge in [0.2, 0.25) is 5.91 Å². The van der Waals surface area contributed by atoms with Gasteiger partial charge in [-0.05, 0) is 24.3 Å². The fourth-order valence-electron chi connectivity index (χ4n) is 1.67. The molecule has 0 saturated carbocycles. The first-order chi connectivity index (χ1) is 10.4. The third-order valence-corrected chi connectivity index (χ3v) is 2.62. The van der Waals surface area contributed by atoms with Crippen molar-refractivity contribution < 1.29 is 26.7 Å². The van der Waals surface area contributed by atoms with E-state index in [0.717, 1.165) is 18.2 Å². The molecule has 116 valence electrons. The van der Waals surface area contributed by atoms with Crippen LogP contribution in [0.25, 0.3) is 0 Å². The summed E-state index contributed by atoms with van der Waals surface area (Å²) in [7, 11) is 0. The summed E-state index contributed by atoms with van der Waals surface area (Å²) in [5.74, 6) is -7.01. The van der Waals surface area contributed by atoms with Crippen LogP contribution in [0.3, 0.4) is 0 Å². The lowest BCUT2D eigenvalue weighted by atomic mass is 10.2. The summed E-state index contributed by atoms with van der Waals surface area (Å²) in [5, 5.41) is 4.42. The minimum absolute atomic E-state index is 0.130. The maximum atomic E-state index is 13.3. The van der Waals surface area contributed by atoms with Crippen molar-refractivity contribution in [3.63, 3.8) is 0 Å². The normalized spacial score (nSPS) is 10.4. The minimum Gasteiger partial charge on any atom is -0.374 e. The molecule has 0 heterocycles. The number of anilines is 2. The van der Waals surface area contributed by atoms with Crippen LogP contribution in [0.4, 0.5) is 33.3 Å². The van der Waals surface area contributed by atoms with Crippen molar-refractivity contribution in [2.24, 2.45) is 0 Å². The van der Waals surface area contributed by atoms with Crippen LogP contribution in [0.1, 0.15) is 0 Å². The number of hydrogen-bond acceptors (Lipinski definition) is 2. The second kappa shape index (κ2) is 6.42. The average molecular weight is 316 g/mol. The topological polar surface area (TPSA) is 41.1 Å². The van der Waals surface area contributed by atoms with Gasteiger partial charge < -0.3 is 10.6 Å². The Morgan fingerprint density at radius 2 is 1.55 bits per heavy atom. The van der Waals surface area contributed by atoms with E-state index in [0.29, 0.717) is 12.1 Å². The number of halogens is 5. The molecule has 0 unspecified atom stereocenters. The third kappa shape index (κ3) is 3.72. The van der Waals surface area contributed by atoms with Gasteiger partial charge in [-0.25, -0.2) is 22.0 Å². The average Bonchev–Trinajstić information content (AvgIpc) is 2.43. The monoisotopic (exact) mass is 316 g/mol. The molecule has 2 aromatic rings. The van der Waals surface area contributed by atoms with E-state index in [1.54, 1.807) is 0 Å². The first-order valence-corrected chi connectivity index (χ1v) is 6.00. The van der Waals surface area contributed by atoms with E-state index < -0.39 is 47.2 Å². The molecule has 0 aliphatic carbocycles. The zero-order valence-electron chi connectivity index (χ0n) is 10.9. The Labute approximate surface area is 121 Å². The zero-order chi connectivity index (χ0) is 16.3. The van der Waals surface area contributed by atoms with Crippen molar-refractivity contribution in [1.29, 1.82) is 0 Å². The Balaban J connectivity index is 2.00. The van der Waals surface area contributed by atoms with Crippen molar-refractivity contribution in [3.05, 3.63) is 59.4 Å². The van der Waals surface area contributed by atoms with Gasteiger partial charge in [0, 0.05) is 11.8 Å². The van der Waals surface area contributed by atoms with Crippen LogP contribution in [0.5, 0.6) is 0 Å². The van der Waals surface area contributed by atoms with Crippen LogP contribution in [0, 0.1) is 29.1 Å². The van der Waals surface area contributed by atoms with E-state index in [4.69, 9.17) is 0 Å². The number of amides is 1. The molecule has 22 heavy (non-hydrogen) atoms. The largest absolute Gasteiger partial charge is 0.374 e. The van der Waals surface area contributed by atoms with Gasteiger partial charge in [-0.15, -0.1) is 0 Å². The van der Waals surface area contributed by atoms with Gasteiger partial charge >= 0.3 is 0 Å². The molecule has 2 aromatic carbocycles. The smallest absolute Gasteiger partial charge is 0.243 e. The highest BCUT2D eigenvalue weighted by Gasteiger charge is 2.14. The summed E-state index contributed by atoms with van der Waals surface area (Å²) < 4.78 is 64.9. The van der Waals surface area contributed by atoms with Crippen LogP contribution < -0.4 is 10.6 Å². The molecule has 0 bridgehead atoms. The van der Waals surface area contributed by atoms with Crippen LogP contribution in [-0.2, 0) is 4.79 Å². The summed E-state index contributed by atoms with van der Waals surface area (Å²) in [5.41, 5.74) is -0.547. The predicted molar refractivity (Wildman–Crippen MR) is 69.8 cm³/mol. The molecule has 0 saturated heterocycles. The van der Waals surface area contributed by atoms with E-state index in [1.165, 1.54) is 0 Å². The van der Waals surface area contributed by atoms with E-state index in [-0.39, 0.29) is 5.69 Å². The second-order valence-electron chi connectivity index (χ2n) is 4.28. The van der Waals surface area contributed by atoms with Gasteiger partial charge in [-0.1, -0.05) is 0 Å². The summed E-state index contributed by atoms with van der Waals surface area (Å²) in [4.78, 5) is 11.6. The molecule has 0 spiro atoms. The highest BCUT2D eigenvalue weighted by molar-refractivity contribution is 5.93. The lowest BCUT2D eigenvalue weighted by molar-refractivity contribution is -0.114. The SMILES string of the molecule is O=C(CNc1ccc(F)c(F)c1F)Nc1cc(F)cc(F)c1. The first-order valence-electron chi connectivity index (χ1n) is 6.00. The lowest BCUT2D eigenvalue weighted by Crippen LogP contribution is -2.22. The van der Waals surface area contributed by atoms with E-state index in [9.17, 15) is 26.7 Å². The molecule has 2 N–H and O–H groups in total. The Bertz CT molecular complexity index is 700. The summed E-state index contributed by atoms with van der Waals surface area (Å²) in [6.07, 6.45) is 0. The molecule has 0 atom stereocenters. The summed E-state index contributed by atoms with van der Waals surface area (Å²) in [6, 6.07) is 4.02. The van der Waals surface area contributed by atoms with Crippen molar-refractivity contribution in [2.45, 2.75) is 0 Å². The Morgan fingerprint density at radius 1 is 0.909 bits per heavy atom. The maximum Gasteiger partial charge on any atom is 0.243 e. The van der Waals surface area contributed by atoms with Gasteiger partial charge in [0.1, 0.15) is 11.6 Å². The predicted octanol–water partition coefficient (Wildman–Crippen LogP) is 3.43. The van der Waals surface area contributed by atoms with Gasteiger partial charge in [0.15, 0.2) is 17.5 Å². The second-order valence-corrected chi connectivity index (χ2v) is 4.28. The molecule has 8 heteroatoms. The maximum absolute atomic E-state index is 13.3. The molecule has 3 nitrogen and oxygen atoms in total. The highest BCUT2D eigenvalue weighted by atomic mass is 19.2. The van der Waals surface area contributed by atoms with Gasteiger partial charge in [0.05, 0.1) is 12.2 Å². The highest BCUT2D eigenvalue weighted by Crippen LogP contribution is 2.19. The standard InChI is InChI=1S/C14H9F5N2O/c15-7-3-8(16)5-9(4-7)21-12(22)6-20-11-2-1-10(17)13(18)14(11)19/h1-5,20H,6H2,(H,21,22). The molecule has 0 aromatic heterocycles. The number of rotatable bonds is 4. The van der Waals surface area contributed by atoms with E-state index >= 15 is 0 Å². The molecule has 0 radical (unpaired) electrons. The Hall–Kier alpha value is -2.64.